The molecular formula is C13H23NO2. The van der Waals surface area contributed by atoms with E-state index in [9.17, 15) is 0 Å². The molecule has 1 atom stereocenters. The fraction of sp³-hybridized carbons (Fsp3) is 0.692. The van der Waals surface area contributed by atoms with Crippen molar-refractivity contribution in [3.05, 3.63) is 23.7 Å². The molecule has 3 nitrogen and oxygen atoms in total. The van der Waals surface area contributed by atoms with Crippen LogP contribution in [0.25, 0.3) is 0 Å². The summed E-state index contributed by atoms with van der Waals surface area (Å²) in [6.07, 6.45) is 2.34. The van der Waals surface area contributed by atoms with E-state index in [4.69, 9.17) is 9.15 Å². The first kappa shape index (κ1) is 13.3. The molecule has 0 radical (unpaired) electrons. The summed E-state index contributed by atoms with van der Waals surface area (Å²) in [7, 11) is 0. The first-order valence-electron chi connectivity index (χ1n) is 6.11. The molecule has 1 N–H and O–H groups in total. The number of furan rings is 1. The predicted molar refractivity (Wildman–Crippen MR) is 65.6 cm³/mol. The van der Waals surface area contributed by atoms with Crippen molar-refractivity contribution in [1.29, 1.82) is 0 Å². The first-order valence-corrected chi connectivity index (χ1v) is 6.11. The molecule has 0 aliphatic rings. The summed E-state index contributed by atoms with van der Waals surface area (Å²) < 4.78 is 11.0. The van der Waals surface area contributed by atoms with Gasteiger partial charge in [-0.15, -0.1) is 0 Å². The maximum absolute atomic E-state index is 5.54. The van der Waals surface area contributed by atoms with E-state index in [2.05, 4.69) is 19.2 Å². The van der Waals surface area contributed by atoms with E-state index in [1.54, 1.807) is 0 Å². The second-order valence-electron chi connectivity index (χ2n) is 4.09. The number of hydrogen-bond donors (Lipinski definition) is 1. The molecule has 0 aliphatic heterocycles. The molecule has 1 heterocycles. The number of unbranched alkanes of at least 4 members (excludes halogenated alkanes) is 1. The van der Waals surface area contributed by atoms with Gasteiger partial charge < -0.3 is 14.5 Å². The highest BCUT2D eigenvalue weighted by Crippen LogP contribution is 2.14. The van der Waals surface area contributed by atoms with Crippen LogP contribution in [-0.4, -0.2) is 19.8 Å². The van der Waals surface area contributed by atoms with Gasteiger partial charge in [-0.2, -0.15) is 0 Å². The van der Waals surface area contributed by atoms with E-state index in [-0.39, 0.29) is 6.04 Å². The summed E-state index contributed by atoms with van der Waals surface area (Å²) in [5.41, 5.74) is 0. The molecule has 0 aromatic carbocycles. The first-order chi connectivity index (χ1) is 7.74. The lowest BCUT2D eigenvalue weighted by molar-refractivity contribution is 0.130. The summed E-state index contributed by atoms with van der Waals surface area (Å²) in [6, 6.07) is 4.26. The van der Waals surface area contributed by atoms with Gasteiger partial charge in [0, 0.05) is 13.2 Å². The van der Waals surface area contributed by atoms with Crippen molar-refractivity contribution in [1.82, 2.24) is 5.32 Å². The predicted octanol–water partition coefficient (Wildman–Crippen LogP) is 3.06. The summed E-state index contributed by atoms with van der Waals surface area (Å²) in [4.78, 5) is 0. The topological polar surface area (TPSA) is 34.4 Å². The van der Waals surface area contributed by atoms with Crippen LogP contribution in [0.15, 0.2) is 16.5 Å². The third-order valence-corrected chi connectivity index (χ3v) is 2.53. The van der Waals surface area contributed by atoms with E-state index >= 15 is 0 Å². The Bertz CT molecular complexity index is 283. The molecule has 0 amide bonds. The van der Waals surface area contributed by atoms with E-state index < -0.39 is 0 Å². The number of rotatable bonds is 8. The largest absolute Gasteiger partial charge is 0.465 e. The standard InChI is InChI=1S/C13H23NO2/c1-4-5-9-15-10-8-14-12(3)13-7-6-11(2)16-13/h6-7,12,14H,4-5,8-10H2,1-3H3. The third-order valence-electron chi connectivity index (χ3n) is 2.53. The van der Waals surface area contributed by atoms with Crippen LogP contribution in [0.5, 0.6) is 0 Å². The van der Waals surface area contributed by atoms with Crippen LogP contribution in [0, 0.1) is 6.92 Å². The van der Waals surface area contributed by atoms with Gasteiger partial charge in [0.15, 0.2) is 0 Å². The Kier molecular flexibility index (Phi) is 6.19. The highest BCUT2D eigenvalue weighted by Gasteiger charge is 2.07. The van der Waals surface area contributed by atoms with Gasteiger partial charge in [0.2, 0.25) is 0 Å². The molecule has 16 heavy (non-hydrogen) atoms. The van der Waals surface area contributed by atoms with E-state index in [1.165, 1.54) is 6.42 Å². The van der Waals surface area contributed by atoms with Gasteiger partial charge in [-0.1, -0.05) is 13.3 Å². The molecule has 0 saturated carbocycles. The van der Waals surface area contributed by atoms with Crippen LogP contribution < -0.4 is 5.32 Å². The van der Waals surface area contributed by atoms with Gasteiger partial charge in [-0.3, -0.25) is 0 Å². The van der Waals surface area contributed by atoms with Gasteiger partial charge in [0.05, 0.1) is 12.6 Å². The van der Waals surface area contributed by atoms with E-state index in [0.29, 0.717) is 0 Å². The number of aryl methyl sites for hydroxylation is 1. The van der Waals surface area contributed by atoms with E-state index in [1.807, 2.05) is 19.1 Å². The van der Waals surface area contributed by atoms with Crippen molar-refractivity contribution in [2.24, 2.45) is 0 Å². The average Bonchev–Trinajstić information content (AvgIpc) is 2.70. The zero-order valence-corrected chi connectivity index (χ0v) is 10.6. The van der Waals surface area contributed by atoms with Crippen LogP contribution in [0.3, 0.4) is 0 Å². The second kappa shape index (κ2) is 7.47. The average molecular weight is 225 g/mol. The summed E-state index contributed by atoms with van der Waals surface area (Å²) in [5.74, 6) is 1.95. The minimum absolute atomic E-state index is 0.253. The van der Waals surface area contributed by atoms with Crippen molar-refractivity contribution in [2.75, 3.05) is 19.8 Å². The molecule has 92 valence electrons. The molecule has 0 fully saturated rings. The third kappa shape index (κ3) is 4.81. The second-order valence-corrected chi connectivity index (χ2v) is 4.09. The highest BCUT2D eigenvalue weighted by atomic mass is 16.5. The molecule has 0 bridgehead atoms. The van der Waals surface area contributed by atoms with Gasteiger partial charge >= 0.3 is 0 Å². The lowest BCUT2D eigenvalue weighted by atomic mass is 10.2. The van der Waals surface area contributed by atoms with Crippen molar-refractivity contribution in [3.63, 3.8) is 0 Å². The van der Waals surface area contributed by atoms with Crippen molar-refractivity contribution in [3.8, 4) is 0 Å². The highest BCUT2D eigenvalue weighted by molar-refractivity contribution is 5.08. The van der Waals surface area contributed by atoms with Crippen molar-refractivity contribution in [2.45, 2.75) is 39.7 Å². The summed E-state index contributed by atoms with van der Waals surface area (Å²) in [5, 5.41) is 3.37. The van der Waals surface area contributed by atoms with E-state index in [0.717, 1.165) is 37.7 Å². The maximum Gasteiger partial charge on any atom is 0.120 e. The molecule has 0 aliphatic carbocycles. The quantitative estimate of drug-likeness (QED) is 0.690. The fourth-order valence-corrected chi connectivity index (χ4v) is 1.48. The molecule has 3 heteroatoms. The monoisotopic (exact) mass is 225 g/mol. The SMILES string of the molecule is CCCCOCCNC(C)c1ccc(C)o1. The zero-order chi connectivity index (χ0) is 11.8. The Morgan fingerprint density at radius 3 is 2.81 bits per heavy atom. The van der Waals surface area contributed by atoms with Gasteiger partial charge in [0.25, 0.3) is 0 Å². The molecule has 1 aromatic heterocycles. The van der Waals surface area contributed by atoms with Crippen LogP contribution in [0.1, 0.15) is 44.3 Å². The Morgan fingerprint density at radius 1 is 1.38 bits per heavy atom. The smallest absolute Gasteiger partial charge is 0.120 e. The van der Waals surface area contributed by atoms with Crippen LogP contribution in [0.2, 0.25) is 0 Å². The number of nitrogens with one attached hydrogen (secondary N) is 1. The van der Waals surface area contributed by atoms with Crippen molar-refractivity contribution < 1.29 is 9.15 Å². The fourth-order valence-electron chi connectivity index (χ4n) is 1.48. The number of hydrogen-bond acceptors (Lipinski definition) is 3. The van der Waals surface area contributed by atoms with Gasteiger partial charge in [-0.05, 0) is 32.4 Å². The Morgan fingerprint density at radius 2 is 2.19 bits per heavy atom. The molecule has 0 saturated heterocycles. The van der Waals surface area contributed by atoms with Crippen LogP contribution in [-0.2, 0) is 4.74 Å². The summed E-state index contributed by atoms with van der Waals surface area (Å²) >= 11 is 0. The Hall–Kier alpha value is -0.800. The minimum Gasteiger partial charge on any atom is -0.465 e. The normalized spacial score (nSPS) is 12.9. The van der Waals surface area contributed by atoms with Gasteiger partial charge in [-0.25, -0.2) is 0 Å². The van der Waals surface area contributed by atoms with Crippen LogP contribution >= 0.6 is 0 Å². The maximum atomic E-state index is 5.54. The molecule has 0 spiro atoms. The molecular weight excluding hydrogens is 202 g/mol. The van der Waals surface area contributed by atoms with Crippen molar-refractivity contribution >= 4 is 0 Å². The zero-order valence-electron chi connectivity index (χ0n) is 10.6. The Balaban J connectivity index is 2.09. The Labute approximate surface area is 98.2 Å². The molecule has 1 unspecified atom stereocenters. The van der Waals surface area contributed by atoms with Gasteiger partial charge in [0.1, 0.15) is 11.5 Å². The molecule has 1 rings (SSSR count). The molecule has 1 aromatic rings. The lowest BCUT2D eigenvalue weighted by Crippen LogP contribution is -2.23. The van der Waals surface area contributed by atoms with Crippen LogP contribution in [0.4, 0.5) is 0 Å². The summed E-state index contributed by atoms with van der Waals surface area (Å²) in [6.45, 7) is 8.73. The number of ether oxygens (including phenoxy) is 1. The minimum atomic E-state index is 0.253. The lowest BCUT2D eigenvalue weighted by Gasteiger charge is -2.11.